The third-order valence-electron chi connectivity index (χ3n) is 6.37. The number of nitrogens with one attached hydrogen (secondary N) is 1. The van der Waals surface area contributed by atoms with E-state index < -0.39 is 28.9 Å². The summed E-state index contributed by atoms with van der Waals surface area (Å²) in [6.07, 6.45) is -2.50. The molecule has 0 spiro atoms. The first-order valence-corrected chi connectivity index (χ1v) is 12.7. The number of carbonyl (C=O) groups excluding carboxylic acids is 1. The minimum atomic E-state index is -4.64. The van der Waals surface area contributed by atoms with Crippen molar-refractivity contribution in [3.05, 3.63) is 93.7 Å². The lowest BCUT2D eigenvalue weighted by Crippen LogP contribution is -2.39. The van der Waals surface area contributed by atoms with Crippen LogP contribution in [0.2, 0.25) is 0 Å². The van der Waals surface area contributed by atoms with Gasteiger partial charge in [-0.1, -0.05) is 6.07 Å². The van der Waals surface area contributed by atoms with Gasteiger partial charge in [-0.2, -0.15) is 23.5 Å². The van der Waals surface area contributed by atoms with Crippen LogP contribution in [0.4, 0.5) is 13.2 Å². The van der Waals surface area contributed by atoms with Gasteiger partial charge >= 0.3 is 6.18 Å². The first-order valence-electron chi connectivity index (χ1n) is 12.7. The summed E-state index contributed by atoms with van der Waals surface area (Å²) in [7, 11) is 6.04. The van der Waals surface area contributed by atoms with Crippen molar-refractivity contribution in [3.63, 3.8) is 0 Å². The van der Waals surface area contributed by atoms with Crippen molar-refractivity contribution in [1.29, 1.82) is 5.26 Å². The Kier molecular flexibility index (Phi) is 8.12. The highest BCUT2D eigenvalue weighted by molar-refractivity contribution is 5.92. The standard InChI is InChI=1S/C29H28F3N7O2/c1-19-25(24-13-15-35-38(24)22-11-9-20(18-33)10-12-22)36-26(27(40)34-14-6-16-39(2,3)4)28(41)37(19)23-8-5-7-21(17-23)29(30,31)32/h5,7-13,15,17H,6,14,16H2,1-4H3/p+1. The van der Waals surface area contributed by atoms with Crippen LogP contribution in [0, 0.1) is 18.3 Å². The summed E-state index contributed by atoms with van der Waals surface area (Å²) in [5.41, 5.74) is -0.492. The second-order valence-electron chi connectivity index (χ2n) is 10.5. The predicted octanol–water partition coefficient (Wildman–Crippen LogP) is 4.11. The average Bonchev–Trinajstić information content (AvgIpc) is 3.40. The van der Waals surface area contributed by atoms with E-state index in [1.165, 1.54) is 23.0 Å². The molecule has 9 nitrogen and oxygen atoms in total. The van der Waals surface area contributed by atoms with Crippen molar-refractivity contribution in [2.45, 2.75) is 19.5 Å². The number of nitrogens with zero attached hydrogens (tertiary/aromatic N) is 6. The molecule has 1 N–H and O–H groups in total. The van der Waals surface area contributed by atoms with E-state index >= 15 is 0 Å². The molecule has 0 aliphatic carbocycles. The number of amides is 1. The van der Waals surface area contributed by atoms with E-state index in [0.29, 0.717) is 27.8 Å². The van der Waals surface area contributed by atoms with Crippen molar-refractivity contribution < 1.29 is 22.4 Å². The summed E-state index contributed by atoms with van der Waals surface area (Å²) in [5.74, 6) is -0.733. The largest absolute Gasteiger partial charge is 0.416 e. The lowest BCUT2D eigenvalue weighted by molar-refractivity contribution is -0.870. The molecule has 0 saturated heterocycles. The van der Waals surface area contributed by atoms with Gasteiger partial charge in [0.25, 0.3) is 11.5 Å². The summed E-state index contributed by atoms with van der Waals surface area (Å²) < 4.78 is 43.9. The molecule has 12 heteroatoms. The molecule has 212 valence electrons. The SMILES string of the molecule is Cc1c(-c2ccnn2-c2ccc(C#N)cc2)nc(C(=O)NCCC[N+](C)(C)C)c(=O)n1-c1cccc(C(F)(F)F)c1. The van der Waals surface area contributed by atoms with Gasteiger partial charge in [0.2, 0.25) is 0 Å². The summed E-state index contributed by atoms with van der Waals surface area (Å²) in [6, 6.07) is 14.6. The molecule has 4 rings (SSSR count). The fourth-order valence-electron chi connectivity index (χ4n) is 4.33. The average molecular weight is 565 g/mol. The Morgan fingerprint density at radius 2 is 1.78 bits per heavy atom. The number of nitriles is 1. The first-order chi connectivity index (χ1) is 19.3. The maximum Gasteiger partial charge on any atom is 0.416 e. The van der Waals surface area contributed by atoms with Gasteiger partial charge in [0, 0.05) is 18.7 Å². The highest BCUT2D eigenvalue weighted by Crippen LogP contribution is 2.31. The second-order valence-corrected chi connectivity index (χ2v) is 10.5. The van der Waals surface area contributed by atoms with E-state index in [9.17, 15) is 22.8 Å². The van der Waals surface area contributed by atoms with Crippen LogP contribution < -0.4 is 10.9 Å². The highest BCUT2D eigenvalue weighted by Gasteiger charge is 2.31. The molecule has 0 aliphatic rings. The van der Waals surface area contributed by atoms with Crippen molar-refractivity contribution in [2.75, 3.05) is 34.2 Å². The number of carbonyl (C=O) groups is 1. The van der Waals surface area contributed by atoms with Gasteiger partial charge in [0.15, 0.2) is 5.69 Å². The molecule has 0 fully saturated rings. The van der Waals surface area contributed by atoms with E-state index in [-0.39, 0.29) is 23.6 Å². The number of rotatable bonds is 8. The number of aromatic nitrogens is 4. The molecule has 0 atom stereocenters. The second kappa shape index (κ2) is 11.4. The van der Waals surface area contributed by atoms with Gasteiger partial charge in [-0.05, 0) is 55.5 Å². The Morgan fingerprint density at radius 3 is 2.41 bits per heavy atom. The normalized spacial score (nSPS) is 11.8. The number of hydrogen-bond donors (Lipinski definition) is 1. The quantitative estimate of drug-likeness (QED) is 0.256. The van der Waals surface area contributed by atoms with Crippen LogP contribution in [-0.2, 0) is 6.18 Å². The minimum Gasteiger partial charge on any atom is -0.350 e. The summed E-state index contributed by atoms with van der Waals surface area (Å²) in [6.45, 7) is 2.60. The Balaban J connectivity index is 1.87. The smallest absolute Gasteiger partial charge is 0.350 e. The summed E-state index contributed by atoms with van der Waals surface area (Å²) in [4.78, 5) is 31.3. The van der Waals surface area contributed by atoms with Crippen LogP contribution in [0.1, 0.15) is 33.7 Å². The minimum absolute atomic E-state index is 0.0607. The van der Waals surface area contributed by atoms with Crippen molar-refractivity contribution in [2.24, 2.45) is 0 Å². The van der Waals surface area contributed by atoms with Gasteiger partial charge in [-0.3, -0.25) is 14.2 Å². The summed E-state index contributed by atoms with van der Waals surface area (Å²) in [5, 5.41) is 16.2. The van der Waals surface area contributed by atoms with Crippen LogP contribution in [0.5, 0.6) is 0 Å². The van der Waals surface area contributed by atoms with Crippen LogP contribution in [-0.4, -0.2) is 64.0 Å². The fraction of sp³-hybridized carbons (Fsp3) is 0.276. The number of benzene rings is 2. The molecule has 2 aromatic heterocycles. The number of hydrogen-bond acceptors (Lipinski definition) is 5. The Morgan fingerprint density at radius 1 is 1.07 bits per heavy atom. The van der Waals surface area contributed by atoms with E-state index in [0.717, 1.165) is 23.2 Å². The molecule has 0 aliphatic heterocycles. The van der Waals surface area contributed by atoms with Crippen LogP contribution >= 0.6 is 0 Å². The van der Waals surface area contributed by atoms with Crippen LogP contribution in [0.25, 0.3) is 22.8 Å². The van der Waals surface area contributed by atoms with E-state index in [1.807, 2.05) is 27.2 Å². The van der Waals surface area contributed by atoms with Gasteiger partial charge in [0.05, 0.1) is 68.2 Å². The lowest BCUT2D eigenvalue weighted by Gasteiger charge is -2.23. The predicted molar refractivity (Wildman–Crippen MR) is 147 cm³/mol. The zero-order valence-corrected chi connectivity index (χ0v) is 23.0. The molecule has 0 bridgehead atoms. The molecular formula is C29H29F3N7O2+. The number of alkyl halides is 3. The number of quaternary nitrogens is 1. The topological polar surface area (TPSA) is 106 Å². The maximum atomic E-state index is 13.6. The van der Waals surface area contributed by atoms with E-state index in [1.54, 1.807) is 37.3 Å². The van der Waals surface area contributed by atoms with E-state index in [2.05, 4.69) is 15.4 Å². The van der Waals surface area contributed by atoms with Gasteiger partial charge in [-0.15, -0.1) is 0 Å². The molecule has 2 aromatic carbocycles. The third kappa shape index (κ3) is 6.53. The zero-order valence-electron chi connectivity index (χ0n) is 23.0. The fourth-order valence-corrected chi connectivity index (χ4v) is 4.33. The Bertz CT molecular complexity index is 1670. The maximum absolute atomic E-state index is 13.6. The zero-order chi connectivity index (χ0) is 29.9. The van der Waals surface area contributed by atoms with Crippen molar-refractivity contribution in [3.8, 4) is 28.8 Å². The molecule has 0 unspecified atom stereocenters. The Labute approximate surface area is 234 Å². The first kappa shape index (κ1) is 29.2. The molecule has 4 aromatic rings. The van der Waals surface area contributed by atoms with E-state index in [4.69, 9.17) is 5.26 Å². The molecule has 41 heavy (non-hydrogen) atoms. The monoisotopic (exact) mass is 564 g/mol. The van der Waals surface area contributed by atoms with Crippen LogP contribution in [0.3, 0.4) is 0 Å². The van der Waals surface area contributed by atoms with Crippen molar-refractivity contribution >= 4 is 5.91 Å². The lowest BCUT2D eigenvalue weighted by atomic mass is 10.1. The van der Waals surface area contributed by atoms with Crippen molar-refractivity contribution in [1.82, 2.24) is 24.6 Å². The Hall–Kier alpha value is -4.76. The van der Waals surface area contributed by atoms with Crippen LogP contribution in [0.15, 0.2) is 65.6 Å². The third-order valence-corrected chi connectivity index (χ3v) is 6.37. The number of halogens is 3. The molecule has 2 heterocycles. The van der Waals surface area contributed by atoms with Gasteiger partial charge in [0.1, 0.15) is 5.69 Å². The molecule has 0 radical (unpaired) electrons. The van der Waals surface area contributed by atoms with Gasteiger partial charge < -0.3 is 9.80 Å². The summed E-state index contributed by atoms with van der Waals surface area (Å²) >= 11 is 0. The molecule has 0 saturated carbocycles. The molecule has 1 amide bonds. The molecular weight excluding hydrogens is 535 g/mol. The highest BCUT2D eigenvalue weighted by atomic mass is 19.4. The van der Waals surface area contributed by atoms with Gasteiger partial charge in [-0.25, -0.2) is 9.67 Å².